The van der Waals surface area contributed by atoms with E-state index in [1.165, 1.54) is 19.2 Å². The normalized spacial score (nSPS) is 18.2. The number of esters is 1. The van der Waals surface area contributed by atoms with Crippen LogP contribution in [-0.4, -0.2) is 42.7 Å². The van der Waals surface area contributed by atoms with Gasteiger partial charge in [-0.05, 0) is 18.4 Å². The lowest BCUT2D eigenvalue weighted by atomic mass is 10.0. The molecule has 23 heavy (non-hydrogen) atoms. The molecule has 124 valence electrons. The van der Waals surface area contributed by atoms with Crippen molar-refractivity contribution >= 4 is 17.6 Å². The number of nitrogens with zero attached hydrogens (tertiary/aromatic N) is 1. The number of ether oxygens (including phenoxy) is 2. The SMILES string of the molecule is COC(=O)[C@H](Cc1ccc([N+](=O)[O-])cc1)NC(=O)[C@@H]1CCCO1. The van der Waals surface area contributed by atoms with Crippen LogP contribution in [0.15, 0.2) is 24.3 Å². The Balaban J connectivity index is 2.04. The Morgan fingerprint density at radius 1 is 1.43 bits per heavy atom. The smallest absolute Gasteiger partial charge is 0.328 e. The van der Waals surface area contributed by atoms with Gasteiger partial charge in [-0.1, -0.05) is 12.1 Å². The first-order chi connectivity index (χ1) is 11.0. The lowest BCUT2D eigenvalue weighted by Gasteiger charge is -2.18. The molecule has 1 aliphatic rings. The van der Waals surface area contributed by atoms with E-state index >= 15 is 0 Å². The van der Waals surface area contributed by atoms with E-state index in [0.717, 1.165) is 6.42 Å². The van der Waals surface area contributed by atoms with Crippen LogP contribution in [0.5, 0.6) is 0 Å². The summed E-state index contributed by atoms with van der Waals surface area (Å²) >= 11 is 0. The third-order valence-corrected chi connectivity index (χ3v) is 3.61. The molecule has 1 saturated heterocycles. The summed E-state index contributed by atoms with van der Waals surface area (Å²) in [6.07, 6.45) is 1.07. The van der Waals surface area contributed by atoms with E-state index in [0.29, 0.717) is 18.6 Å². The summed E-state index contributed by atoms with van der Waals surface area (Å²) in [7, 11) is 1.24. The molecule has 0 bridgehead atoms. The van der Waals surface area contributed by atoms with Crippen LogP contribution in [0.25, 0.3) is 0 Å². The van der Waals surface area contributed by atoms with Gasteiger partial charge in [-0.25, -0.2) is 4.79 Å². The van der Waals surface area contributed by atoms with Crippen LogP contribution >= 0.6 is 0 Å². The molecule has 0 aliphatic carbocycles. The Labute approximate surface area is 132 Å². The highest BCUT2D eigenvalue weighted by molar-refractivity contribution is 5.87. The number of hydrogen-bond acceptors (Lipinski definition) is 6. The summed E-state index contributed by atoms with van der Waals surface area (Å²) in [5, 5.41) is 13.3. The molecule has 1 amide bonds. The van der Waals surface area contributed by atoms with Crippen molar-refractivity contribution in [3.05, 3.63) is 39.9 Å². The summed E-state index contributed by atoms with van der Waals surface area (Å²) in [4.78, 5) is 34.1. The summed E-state index contributed by atoms with van der Waals surface area (Å²) < 4.78 is 9.99. The van der Waals surface area contributed by atoms with Crippen LogP contribution in [0.2, 0.25) is 0 Å². The van der Waals surface area contributed by atoms with Gasteiger partial charge in [0.05, 0.1) is 12.0 Å². The molecule has 1 aromatic carbocycles. The van der Waals surface area contributed by atoms with Crippen molar-refractivity contribution in [1.29, 1.82) is 0 Å². The predicted octanol–water partition coefficient (Wildman–Crippen LogP) is 0.974. The van der Waals surface area contributed by atoms with Crippen molar-refractivity contribution in [1.82, 2.24) is 5.32 Å². The highest BCUT2D eigenvalue weighted by atomic mass is 16.6. The van der Waals surface area contributed by atoms with Crippen LogP contribution in [0.3, 0.4) is 0 Å². The Morgan fingerprint density at radius 3 is 2.65 bits per heavy atom. The number of methoxy groups -OCH3 is 1. The highest BCUT2D eigenvalue weighted by Gasteiger charge is 2.29. The van der Waals surface area contributed by atoms with Gasteiger partial charge in [0.25, 0.3) is 5.69 Å². The zero-order chi connectivity index (χ0) is 16.8. The number of nitro groups is 1. The van der Waals surface area contributed by atoms with Gasteiger partial charge in [-0.3, -0.25) is 14.9 Å². The molecule has 2 rings (SSSR count). The summed E-state index contributed by atoms with van der Waals surface area (Å²) in [5.74, 6) is -0.922. The average molecular weight is 322 g/mol. The number of amides is 1. The molecule has 1 aliphatic heterocycles. The second kappa shape index (κ2) is 7.68. The van der Waals surface area contributed by atoms with E-state index in [1.807, 2.05) is 0 Å². The van der Waals surface area contributed by atoms with Crippen molar-refractivity contribution in [2.24, 2.45) is 0 Å². The van der Waals surface area contributed by atoms with E-state index in [2.05, 4.69) is 5.32 Å². The number of nitrogens with one attached hydrogen (secondary N) is 1. The number of non-ortho nitro benzene ring substituents is 1. The maximum atomic E-state index is 12.1. The molecular weight excluding hydrogens is 304 g/mol. The van der Waals surface area contributed by atoms with Gasteiger partial charge in [0.2, 0.25) is 5.91 Å². The molecule has 1 N–H and O–H groups in total. The fourth-order valence-electron chi connectivity index (χ4n) is 2.37. The molecule has 1 heterocycles. The van der Waals surface area contributed by atoms with Crippen molar-refractivity contribution in [2.75, 3.05) is 13.7 Å². The van der Waals surface area contributed by atoms with E-state index in [-0.39, 0.29) is 18.0 Å². The first-order valence-corrected chi connectivity index (χ1v) is 7.24. The fourth-order valence-corrected chi connectivity index (χ4v) is 2.37. The number of carbonyl (C=O) groups excluding carboxylic acids is 2. The summed E-state index contributed by atoms with van der Waals surface area (Å²) in [6, 6.07) is 4.94. The number of hydrogen-bond donors (Lipinski definition) is 1. The molecule has 1 fully saturated rings. The first kappa shape index (κ1) is 16.9. The molecule has 0 aromatic heterocycles. The molecule has 2 atom stereocenters. The van der Waals surface area contributed by atoms with Crippen LogP contribution < -0.4 is 5.32 Å². The van der Waals surface area contributed by atoms with E-state index in [4.69, 9.17) is 9.47 Å². The number of carbonyl (C=O) groups is 2. The van der Waals surface area contributed by atoms with Gasteiger partial charge < -0.3 is 14.8 Å². The fraction of sp³-hybridized carbons (Fsp3) is 0.467. The van der Waals surface area contributed by atoms with Gasteiger partial charge in [-0.2, -0.15) is 0 Å². The largest absolute Gasteiger partial charge is 0.467 e. The molecule has 0 saturated carbocycles. The van der Waals surface area contributed by atoms with Crippen molar-refractivity contribution in [3.63, 3.8) is 0 Å². The number of benzene rings is 1. The molecule has 8 nitrogen and oxygen atoms in total. The van der Waals surface area contributed by atoms with Crippen LogP contribution in [0.4, 0.5) is 5.69 Å². The van der Waals surface area contributed by atoms with E-state index < -0.39 is 23.0 Å². The van der Waals surface area contributed by atoms with Gasteiger partial charge in [0.15, 0.2) is 0 Å². The molecule has 1 aromatic rings. The van der Waals surface area contributed by atoms with Gasteiger partial charge >= 0.3 is 5.97 Å². The standard InChI is InChI=1S/C15H18N2O6/c1-22-15(19)12(16-14(18)13-3-2-8-23-13)9-10-4-6-11(7-5-10)17(20)21/h4-7,12-13H,2-3,8-9H2,1H3,(H,16,18)/t12-,13-/m0/s1. The van der Waals surface area contributed by atoms with Crippen molar-refractivity contribution < 1.29 is 24.0 Å². The lowest BCUT2D eigenvalue weighted by Crippen LogP contribution is -2.47. The second-order valence-electron chi connectivity index (χ2n) is 5.21. The van der Waals surface area contributed by atoms with Crippen molar-refractivity contribution in [2.45, 2.75) is 31.4 Å². The maximum Gasteiger partial charge on any atom is 0.328 e. The molecule has 0 radical (unpaired) electrons. The third-order valence-electron chi connectivity index (χ3n) is 3.61. The van der Waals surface area contributed by atoms with Gasteiger partial charge in [0, 0.05) is 25.2 Å². The Kier molecular flexibility index (Phi) is 5.64. The number of rotatable bonds is 6. The zero-order valence-corrected chi connectivity index (χ0v) is 12.7. The summed E-state index contributed by atoms with van der Waals surface area (Å²) in [5.41, 5.74) is 0.644. The number of nitro benzene ring substituents is 1. The van der Waals surface area contributed by atoms with Gasteiger partial charge in [0.1, 0.15) is 12.1 Å². The maximum absolute atomic E-state index is 12.1. The summed E-state index contributed by atoms with van der Waals surface area (Å²) in [6.45, 7) is 0.531. The van der Waals surface area contributed by atoms with E-state index in [1.54, 1.807) is 12.1 Å². The third kappa shape index (κ3) is 4.49. The highest BCUT2D eigenvalue weighted by Crippen LogP contribution is 2.15. The van der Waals surface area contributed by atoms with Crippen LogP contribution in [0.1, 0.15) is 18.4 Å². The minimum atomic E-state index is -0.863. The molecular formula is C15H18N2O6. The molecule has 8 heteroatoms. The topological polar surface area (TPSA) is 108 Å². The Hall–Kier alpha value is -2.48. The second-order valence-corrected chi connectivity index (χ2v) is 5.21. The zero-order valence-electron chi connectivity index (χ0n) is 12.7. The average Bonchev–Trinajstić information content (AvgIpc) is 3.08. The molecule has 0 spiro atoms. The van der Waals surface area contributed by atoms with Crippen LogP contribution in [0, 0.1) is 10.1 Å². The van der Waals surface area contributed by atoms with Crippen LogP contribution in [-0.2, 0) is 25.5 Å². The molecule has 0 unspecified atom stereocenters. The predicted molar refractivity (Wildman–Crippen MR) is 79.7 cm³/mol. The Morgan fingerprint density at radius 2 is 2.13 bits per heavy atom. The minimum Gasteiger partial charge on any atom is -0.467 e. The van der Waals surface area contributed by atoms with Crippen molar-refractivity contribution in [3.8, 4) is 0 Å². The first-order valence-electron chi connectivity index (χ1n) is 7.24. The monoisotopic (exact) mass is 322 g/mol. The Bertz CT molecular complexity index is 580. The van der Waals surface area contributed by atoms with E-state index in [9.17, 15) is 19.7 Å². The lowest BCUT2D eigenvalue weighted by molar-refractivity contribution is -0.384. The minimum absolute atomic E-state index is 0.0354. The van der Waals surface area contributed by atoms with Gasteiger partial charge in [-0.15, -0.1) is 0 Å². The quantitative estimate of drug-likeness (QED) is 0.475.